The van der Waals surface area contributed by atoms with E-state index in [1.807, 2.05) is 26.0 Å². The number of aromatic nitrogens is 1. The van der Waals surface area contributed by atoms with E-state index in [-0.39, 0.29) is 6.10 Å². The molecule has 1 N–H and O–H groups in total. The SMILES string of the molecule is Cc1ccc(CNc2cccnc2OC(C)C)cc1. The van der Waals surface area contributed by atoms with Gasteiger partial charge in [-0.25, -0.2) is 4.98 Å². The summed E-state index contributed by atoms with van der Waals surface area (Å²) in [7, 11) is 0. The second-order valence-electron chi connectivity index (χ2n) is 4.86. The Morgan fingerprint density at radius 1 is 1.16 bits per heavy atom. The average molecular weight is 256 g/mol. The van der Waals surface area contributed by atoms with Crippen LogP contribution >= 0.6 is 0 Å². The van der Waals surface area contributed by atoms with Gasteiger partial charge in [-0.3, -0.25) is 0 Å². The van der Waals surface area contributed by atoms with Crippen LogP contribution in [0.15, 0.2) is 42.6 Å². The number of pyridine rings is 1. The van der Waals surface area contributed by atoms with Gasteiger partial charge >= 0.3 is 0 Å². The molecule has 0 saturated heterocycles. The summed E-state index contributed by atoms with van der Waals surface area (Å²) in [6, 6.07) is 12.4. The van der Waals surface area contributed by atoms with Crippen LogP contribution in [0.25, 0.3) is 0 Å². The molecule has 3 nitrogen and oxygen atoms in total. The maximum atomic E-state index is 5.68. The van der Waals surface area contributed by atoms with Crippen LogP contribution in [0, 0.1) is 6.92 Å². The van der Waals surface area contributed by atoms with Crippen molar-refractivity contribution >= 4 is 5.69 Å². The maximum absolute atomic E-state index is 5.68. The van der Waals surface area contributed by atoms with E-state index in [2.05, 4.69) is 41.5 Å². The van der Waals surface area contributed by atoms with E-state index < -0.39 is 0 Å². The van der Waals surface area contributed by atoms with Crippen LogP contribution in [0.5, 0.6) is 5.88 Å². The minimum absolute atomic E-state index is 0.120. The zero-order chi connectivity index (χ0) is 13.7. The van der Waals surface area contributed by atoms with Crippen LogP contribution in [-0.4, -0.2) is 11.1 Å². The van der Waals surface area contributed by atoms with Gasteiger partial charge in [0, 0.05) is 12.7 Å². The highest BCUT2D eigenvalue weighted by Crippen LogP contribution is 2.22. The van der Waals surface area contributed by atoms with Crippen molar-refractivity contribution in [1.82, 2.24) is 4.98 Å². The van der Waals surface area contributed by atoms with Gasteiger partial charge in [0.15, 0.2) is 0 Å². The third-order valence-electron chi connectivity index (χ3n) is 2.72. The van der Waals surface area contributed by atoms with Gasteiger partial charge in [-0.2, -0.15) is 0 Å². The molecule has 1 aromatic carbocycles. The largest absolute Gasteiger partial charge is 0.473 e. The summed E-state index contributed by atoms with van der Waals surface area (Å²) in [5.41, 5.74) is 3.44. The molecule has 0 aliphatic carbocycles. The fourth-order valence-corrected chi connectivity index (χ4v) is 1.75. The molecule has 0 unspecified atom stereocenters. The number of nitrogens with zero attached hydrogens (tertiary/aromatic N) is 1. The summed E-state index contributed by atoms with van der Waals surface area (Å²) in [6.45, 7) is 6.85. The molecule has 19 heavy (non-hydrogen) atoms. The smallest absolute Gasteiger partial charge is 0.237 e. The lowest BCUT2D eigenvalue weighted by Crippen LogP contribution is -2.10. The summed E-state index contributed by atoms with van der Waals surface area (Å²) in [5, 5.41) is 3.37. The zero-order valence-corrected chi connectivity index (χ0v) is 11.7. The Bertz CT molecular complexity index is 521. The van der Waals surface area contributed by atoms with Crippen molar-refractivity contribution < 1.29 is 4.74 Å². The van der Waals surface area contributed by atoms with Crippen LogP contribution in [0.1, 0.15) is 25.0 Å². The first-order valence-corrected chi connectivity index (χ1v) is 6.56. The van der Waals surface area contributed by atoms with Gasteiger partial charge in [-0.15, -0.1) is 0 Å². The number of hydrogen-bond acceptors (Lipinski definition) is 3. The summed E-state index contributed by atoms with van der Waals surface area (Å²) in [6.07, 6.45) is 1.87. The van der Waals surface area contributed by atoms with Crippen LogP contribution < -0.4 is 10.1 Å². The zero-order valence-electron chi connectivity index (χ0n) is 11.7. The molecule has 3 heteroatoms. The third-order valence-corrected chi connectivity index (χ3v) is 2.72. The topological polar surface area (TPSA) is 34.2 Å². The van der Waals surface area contributed by atoms with Gasteiger partial charge in [-0.05, 0) is 38.5 Å². The number of hydrogen-bond donors (Lipinski definition) is 1. The fraction of sp³-hybridized carbons (Fsp3) is 0.312. The van der Waals surface area contributed by atoms with Crippen molar-refractivity contribution in [3.8, 4) is 5.88 Å². The van der Waals surface area contributed by atoms with Gasteiger partial charge in [-0.1, -0.05) is 29.8 Å². The Balaban J connectivity index is 2.04. The highest BCUT2D eigenvalue weighted by molar-refractivity contribution is 5.52. The molecule has 0 amide bonds. The normalized spacial score (nSPS) is 10.5. The van der Waals surface area contributed by atoms with E-state index in [1.165, 1.54) is 11.1 Å². The van der Waals surface area contributed by atoms with Crippen molar-refractivity contribution in [2.24, 2.45) is 0 Å². The second-order valence-corrected chi connectivity index (χ2v) is 4.86. The second kappa shape index (κ2) is 6.23. The minimum atomic E-state index is 0.120. The average Bonchev–Trinajstić information content (AvgIpc) is 2.39. The third kappa shape index (κ3) is 3.98. The van der Waals surface area contributed by atoms with Gasteiger partial charge in [0.1, 0.15) is 0 Å². The van der Waals surface area contributed by atoms with Crippen LogP contribution in [-0.2, 0) is 6.54 Å². The number of nitrogens with one attached hydrogen (secondary N) is 1. The van der Waals surface area contributed by atoms with Crippen molar-refractivity contribution in [3.63, 3.8) is 0 Å². The summed E-state index contributed by atoms with van der Waals surface area (Å²) in [4.78, 5) is 4.26. The molecular weight excluding hydrogens is 236 g/mol. The molecule has 0 aliphatic rings. The number of rotatable bonds is 5. The van der Waals surface area contributed by atoms with Crippen molar-refractivity contribution in [2.45, 2.75) is 33.4 Å². The molecule has 100 valence electrons. The molecule has 2 aromatic rings. The number of aryl methyl sites for hydroxylation is 1. The quantitative estimate of drug-likeness (QED) is 0.883. The number of ether oxygens (including phenoxy) is 1. The predicted molar refractivity (Wildman–Crippen MR) is 78.5 cm³/mol. The molecule has 1 aromatic heterocycles. The standard InChI is InChI=1S/C16H20N2O/c1-12(2)19-16-15(5-4-10-17-16)18-11-14-8-6-13(3)7-9-14/h4-10,12,18H,11H2,1-3H3. The van der Waals surface area contributed by atoms with E-state index in [4.69, 9.17) is 4.74 Å². The molecule has 1 heterocycles. The van der Waals surface area contributed by atoms with Crippen LogP contribution in [0.3, 0.4) is 0 Å². The van der Waals surface area contributed by atoms with Crippen LogP contribution in [0.4, 0.5) is 5.69 Å². The molecular formula is C16H20N2O. The Morgan fingerprint density at radius 3 is 2.58 bits per heavy atom. The van der Waals surface area contributed by atoms with Crippen molar-refractivity contribution in [3.05, 3.63) is 53.7 Å². The molecule has 0 saturated carbocycles. The Kier molecular flexibility index (Phi) is 4.39. The van der Waals surface area contributed by atoms with Gasteiger partial charge in [0.2, 0.25) is 5.88 Å². The predicted octanol–water partition coefficient (Wildman–Crippen LogP) is 3.79. The lowest BCUT2D eigenvalue weighted by atomic mass is 10.1. The number of anilines is 1. The number of benzene rings is 1. The fourth-order valence-electron chi connectivity index (χ4n) is 1.75. The minimum Gasteiger partial charge on any atom is -0.473 e. The van der Waals surface area contributed by atoms with E-state index >= 15 is 0 Å². The first kappa shape index (κ1) is 13.4. The van der Waals surface area contributed by atoms with Gasteiger partial charge in [0.05, 0.1) is 11.8 Å². The van der Waals surface area contributed by atoms with E-state index in [1.54, 1.807) is 6.20 Å². The maximum Gasteiger partial charge on any atom is 0.237 e. The lowest BCUT2D eigenvalue weighted by Gasteiger charge is -2.14. The lowest BCUT2D eigenvalue weighted by molar-refractivity contribution is 0.234. The molecule has 0 radical (unpaired) electrons. The first-order chi connectivity index (χ1) is 9.15. The Morgan fingerprint density at radius 2 is 1.89 bits per heavy atom. The monoisotopic (exact) mass is 256 g/mol. The molecule has 0 bridgehead atoms. The summed E-state index contributed by atoms with van der Waals surface area (Å²) in [5.74, 6) is 0.657. The van der Waals surface area contributed by atoms with E-state index in [9.17, 15) is 0 Å². The molecule has 2 rings (SSSR count). The van der Waals surface area contributed by atoms with Crippen molar-refractivity contribution in [1.29, 1.82) is 0 Å². The summed E-state index contributed by atoms with van der Waals surface area (Å²) < 4.78 is 5.68. The molecule has 0 spiro atoms. The Labute approximate surface area is 114 Å². The van der Waals surface area contributed by atoms with Gasteiger partial charge < -0.3 is 10.1 Å². The Hall–Kier alpha value is -2.03. The van der Waals surface area contributed by atoms with Crippen molar-refractivity contribution in [2.75, 3.05) is 5.32 Å². The highest BCUT2D eigenvalue weighted by Gasteiger charge is 2.06. The van der Waals surface area contributed by atoms with E-state index in [0.29, 0.717) is 5.88 Å². The molecule has 0 aliphatic heterocycles. The summed E-state index contributed by atoms with van der Waals surface area (Å²) >= 11 is 0. The molecule has 0 fully saturated rings. The highest BCUT2D eigenvalue weighted by atomic mass is 16.5. The molecule has 0 atom stereocenters. The van der Waals surface area contributed by atoms with Gasteiger partial charge in [0.25, 0.3) is 0 Å². The first-order valence-electron chi connectivity index (χ1n) is 6.56. The van der Waals surface area contributed by atoms with Crippen LogP contribution in [0.2, 0.25) is 0 Å². The van der Waals surface area contributed by atoms with E-state index in [0.717, 1.165) is 12.2 Å².